The Balaban J connectivity index is 1.79. The highest BCUT2D eigenvalue weighted by Gasteiger charge is 2.20. The molecule has 0 aromatic heterocycles. The molecule has 0 atom stereocenters. The van der Waals surface area contributed by atoms with Crippen molar-refractivity contribution >= 4 is 17.8 Å². The van der Waals surface area contributed by atoms with Gasteiger partial charge in [0.2, 0.25) is 0 Å². The molecular weight excluding hydrogens is 295 g/mol. The molecule has 0 bridgehead atoms. The van der Waals surface area contributed by atoms with Gasteiger partial charge in [0.15, 0.2) is 0 Å². The Labute approximate surface area is 133 Å². The quantitative estimate of drug-likeness (QED) is 0.883. The highest BCUT2D eigenvalue weighted by atomic mass is 19.1. The molecular formula is C18H15FN2O2. The lowest BCUT2D eigenvalue weighted by Crippen LogP contribution is -2.25. The van der Waals surface area contributed by atoms with Crippen LogP contribution >= 0.6 is 0 Å². The molecule has 4 nitrogen and oxygen atoms in total. The number of ether oxygens (including phenoxy) is 1. The highest BCUT2D eigenvalue weighted by Crippen LogP contribution is 2.17. The number of methoxy groups -OCH3 is 1. The molecule has 0 saturated heterocycles. The summed E-state index contributed by atoms with van der Waals surface area (Å²) in [4.78, 5) is 16.2. The monoisotopic (exact) mass is 310 g/mol. The summed E-state index contributed by atoms with van der Waals surface area (Å²) >= 11 is 0. The predicted molar refractivity (Wildman–Crippen MR) is 86.7 cm³/mol. The van der Waals surface area contributed by atoms with Crippen LogP contribution in [-0.4, -0.2) is 18.9 Å². The zero-order valence-electron chi connectivity index (χ0n) is 12.5. The van der Waals surface area contributed by atoms with Gasteiger partial charge in [0.05, 0.1) is 7.11 Å². The average molecular weight is 310 g/mol. The zero-order valence-corrected chi connectivity index (χ0v) is 12.5. The number of nitrogens with one attached hydrogen (secondary N) is 1. The van der Waals surface area contributed by atoms with E-state index in [4.69, 9.17) is 4.74 Å². The molecule has 0 unspecified atom stereocenters. The van der Waals surface area contributed by atoms with Gasteiger partial charge in [0.25, 0.3) is 5.91 Å². The van der Waals surface area contributed by atoms with Crippen LogP contribution in [-0.2, 0) is 11.2 Å². The molecule has 2 aromatic rings. The number of aliphatic imine (C=N–C) groups is 1. The molecule has 1 aliphatic rings. The van der Waals surface area contributed by atoms with E-state index >= 15 is 0 Å². The number of carbonyl (C=O) groups excluding carboxylic acids is 1. The lowest BCUT2D eigenvalue weighted by Gasteiger charge is -2.03. The fourth-order valence-electron chi connectivity index (χ4n) is 2.28. The minimum absolute atomic E-state index is 0.207. The van der Waals surface area contributed by atoms with E-state index in [9.17, 15) is 9.18 Å². The summed E-state index contributed by atoms with van der Waals surface area (Å²) < 4.78 is 18.8. The van der Waals surface area contributed by atoms with Crippen LogP contribution in [0.1, 0.15) is 11.1 Å². The van der Waals surface area contributed by atoms with E-state index in [0.717, 1.165) is 11.3 Å². The maximum absolute atomic E-state index is 13.6. The van der Waals surface area contributed by atoms with E-state index in [-0.39, 0.29) is 17.4 Å². The van der Waals surface area contributed by atoms with E-state index in [1.54, 1.807) is 25.3 Å². The Kier molecular flexibility index (Phi) is 4.19. The molecule has 0 saturated carbocycles. The van der Waals surface area contributed by atoms with Gasteiger partial charge in [-0.3, -0.25) is 4.79 Å². The fraction of sp³-hybridized carbons (Fsp3) is 0.111. The third-order valence-corrected chi connectivity index (χ3v) is 3.47. The summed E-state index contributed by atoms with van der Waals surface area (Å²) in [6.45, 7) is 0. The van der Waals surface area contributed by atoms with Crippen LogP contribution in [0.3, 0.4) is 0 Å². The van der Waals surface area contributed by atoms with E-state index in [1.165, 1.54) is 12.1 Å². The van der Waals surface area contributed by atoms with Crippen molar-refractivity contribution in [3.05, 3.63) is 71.2 Å². The molecule has 0 radical (unpaired) electrons. The summed E-state index contributed by atoms with van der Waals surface area (Å²) in [5, 5.41) is 2.71. The number of amides is 1. The lowest BCUT2D eigenvalue weighted by molar-refractivity contribution is -0.115. The van der Waals surface area contributed by atoms with Crippen molar-refractivity contribution in [2.24, 2.45) is 4.99 Å². The predicted octanol–water partition coefficient (Wildman–Crippen LogP) is 2.95. The maximum Gasteiger partial charge on any atom is 0.275 e. The van der Waals surface area contributed by atoms with Crippen molar-refractivity contribution in [3.63, 3.8) is 0 Å². The van der Waals surface area contributed by atoms with Crippen LogP contribution in [0.4, 0.5) is 4.39 Å². The Morgan fingerprint density at radius 2 is 1.91 bits per heavy atom. The van der Waals surface area contributed by atoms with Crippen molar-refractivity contribution in [2.45, 2.75) is 6.42 Å². The first-order valence-corrected chi connectivity index (χ1v) is 7.14. The topological polar surface area (TPSA) is 50.7 Å². The molecule has 1 N–H and O–H groups in total. The van der Waals surface area contributed by atoms with Gasteiger partial charge in [0.1, 0.15) is 23.1 Å². The first-order chi connectivity index (χ1) is 11.2. The minimum Gasteiger partial charge on any atom is -0.497 e. The molecule has 5 heteroatoms. The van der Waals surface area contributed by atoms with E-state index in [0.29, 0.717) is 17.8 Å². The van der Waals surface area contributed by atoms with Crippen LogP contribution in [0, 0.1) is 5.82 Å². The van der Waals surface area contributed by atoms with Gasteiger partial charge in [0, 0.05) is 12.0 Å². The highest BCUT2D eigenvalue weighted by molar-refractivity contribution is 6.14. The van der Waals surface area contributed by atoms with Gasteiger partial charge in [-0.2, -0.15) is 0 Å². The molecule has 2 aromatic carbocycles. The number of halogens is 1. The normalized spacial score (nSPS) is 15.5. The van der Waals surface area contributed by atoms with E-state index < -0.39 is 0 Å². The molecule has 1 amide bonds. The van der Waals surface area contributed by atoms with E-state index in [1.807, 2.05) is 24.3 Å². The Bertz CT molecular complexity index is 795. The van der Waals surface area contributed by atoms with Gasteiger partial charge in [-0.25, -0.2) is 9.38 Å². The van der Waals surface area contributed by atoms with Gasteiger partial charge in [-0.1, -0.05) is 30.3 Å². The Morgan fingerprint density at radius 1 is 1.17 bits per heavy atom. The van der Waals surface area contributed by atoms with Crippen LogP contribution in [0.5, 0.6) is 5.75 Å². The molecule has 116 valence electrons. The van der Waals surface area contributed by atoms with Gasteiger partial charge >= 0.3 is 0 Å². The smallest absolute Gasteiger partial charge is 0.275 e. The molecule has 0 fully saturated rings. The first-order valence-electron chi connectivity index (χ1n) is 7.14. The summed E-state index contributed by atoms with van der Waals surface area (Å²) in [7, 11) is 1.61. The molecule has 0 spiro atoms. The summed E-state index contributed by atoms with van der Waals surface area (Å²) in [6.07, 6.45) is 1.94. The largest absolute Gasteiger partial charge is 0.497 e. The second kappa shape index (κ2) is 6.44. The van der Waals surface area contributed by atoms with Crippen molar-refractivity contribution in [3.8, 4) is 5.75 Å². The van der Waals surface area contributed by atoms with Crippen molar-refractivity contribution in [2.75, 3.05) is 7.11 Å². The molecule has 1 aliphatic heterocycles. The fourth-order valence-corrected chi connectivity index (χ4v) is 2.28. The second-order valence-electron chi connectivity index (χ2n) is 5.09. The molecule has 0 aliphatic carbocycles. The number of benzene rings is 2. The lowest BCUT2D eigenvalue weighted by atomic mass is 10.1. The molecule has 23 heavy (non-hydrogen) atoms. The van der Waals surface area contributed by atoms with Gasteiger partial charge < -0.3 is 10.1 Å². The molecule has 1 heterocycles. The van der Waals surface area contributed by atoms with Crippen molar-refractivity contribution < 1.29 is 13.9 Å². The van der Waals surface area contributed by atoms with E-state index in [2.05, 4.69) is 10.3 Å². The SMILES string of the molecule is COc1ccc(CC2=N/C(=C\c3ccccc3F)C(=O)N2)cc1. The summed E-state index contributed by atoms with van der Waals surface area (Å²) in [6, 6.07) is 13.8. The standard InChI is InChI=1S/C18H15FN2O2/c1-23-14-8-6-12(7-9-14)10-17-20-16(18(22)21-17)11-13-4-2-3-5-15(13)19/h2-9,11H,10H2,1H3,(H,20,21,22)/b16-11-. The number of amidine groups is 1. The Hall–Kier alpha value is -2.95. The number of hydrogen-bond donors (Lipinski definition) is 1. The summed E-state index contributed by atoms with van der Waals surface area (Å²) in [5.41, 5.74) is 1.54. The van der Waals surface area contributed by atoms with Gasteiger partial charge in [-0.05, 0) is 29.8 Å². The summed E-state index contributed by atoms with van der Waals surface area (Å²) in [5.74, 6) is 0.609. The van der Waals surface area contributed by atoms with Crippen LogP contribution in [0.15, 0.2) is 59.2 Å². The van der Waals surface area contributed by atoms with Crippen molar-refractivity contribution in [1.82, 2.24) is 5.32 Å². The second-order valence-corrected chi connectivity index (χ2v) is 5.09. The number of nitrogens with zero attached hydrogens (tertiary/aromatic N) is 1. The number of carbonyl (C=O) groups is 1. The average Bonchev–Trinajstić information content (AvgIpc) is 2.90. The van der Waals surface area contributed by atoms with Crippen LogP contribution < -0.4 is 10.1 Å². The molecule has 3 rings (SSSR count). The van der Waals surface area contributed by atoms with Crippen LogP contribution in [0.25, 0.3) is 6.08 Å². The number of hydrogen-bond acceptors (Lipinski definition) is 3. The van der Waals surface area contributed by atoms with Crippen molar-refractivity contribution in [1.29, 1.82) is 0 Å². The first kappa shape index (κ1) is 15.0. The van der Waals surface area contributed by atoms with Gasteiger partial charge in [-0.15, -0.1) is 0 Å². The maximum atomic E-state index is 13.6. The number of rotatable bonds is 4. The van der Waals surface area contributed by atoms with Crippen LogP contribution in [0.2, 0.25) is 0 Å². The minimum atomic E-state index is -0.383. The Morgan fingerprint density at radius 3 is 2.61 bits per heavy atom. The third-order valence-electron chi connectivity index (χ3n) is 3.47. The zero-order chi connectivity index (χ0) is 16.2. The third kappa shape index (κ3) is 3.45.